The van der Waals surface area contributed by atoms with E-state index < -0.39 is 0 Å². The van der Waals surface area contributed by atoms with Crippen LogP contribution in [-0.2, 0) is 0 Å². The van der Waals surface area contributed by atoms with E-state index in [1.54, 1.807) is 23.7 Å². The molecule has 116 valence electrons. The average molecular weight is 327 g/mol. The Balaban J connectivity index is 2.30. The average Bonchev–Trinajstić information content (AvgIpc) is 2.87. The number of rotatable bonds is 3. The molecule has 5 heteroatoms. The van der Waals surface area contributed by atoms with Crippen LogP contribution in [0.25, 0.3) is 16.6 Å². The minimum absolute atomic E-state index is 0.00142. The molecule has 0 atom stereocenters. The number of hydrogen-bond donors (Lipinski definition) is 1. The van der Waals surface area contributed by atoms with Crippen molar-refractivity contribution >= 4 is 34.2 Å². The van der Waals surface area contributed by atoms with Gasteiger partial charge in [0, 0.05) is 23.7 Å². The summed E-state index contributed by atoms with van der Waals surface area (Å²) in [6, 6.07) is 14.7. The van der Waals surface area contributed by atoms with Gasteiger partial charge in [0.1, 0.15) is 5.69 Å². The Morgan fingerprint density at radius 2 is 1.70 bits per heavy atom. The van der Waals surface area contributed by atoms with Crippen molar-refractivity contribution in [2.75, 3.05) is 7.05 Å². The monoisotopic (exact) mass is 326 g/mol. The van der Waals surface area contributed by atoms with Crippen LogP contribution in [0.4, 0.5) is 0 Å². The van der Waals surface area contributed by atoms with Gasteiger partial charge in [-0.25, -0.2) is 0 Å². The molecule has 1 aromatic heterocycles. The summed E-state index contributed by atoms with van der Waals surface area (Å²) in [6.45, 7) is 1.52. The normalized spacial score (nSPS) is 10.7. The van der Waals surface area contributed by atoms with Gasteiger partial charge < -0.3 is 9.88 Å². The molecule has 23 heavy (non-hydrogen) atoms. The third-order valence-electron chi connectivity index (χ3n) is 3.79. The number of fused-ring (bicyclic) bond motifs is 1. The Labute approximate surface area is 138 Å². The van der Waals surface area contributed by atoms with E-state index in [9.17, 15) is 9.59 Å². The number of ketones is 1. The lowest BCUT2D eigenvalue weighted by atomic mass is 10.1. The lowest BCUT2D eigenvalue weighted by Gasteiger charge is -2.10. The first-order valence-corrected chi connectivity index (χ1v) is 7.54. The summed E-state index contributed by atoms with van der Waals surface area (Å²) in [6.07, 6.45) is 0. The third-order valence-corrected chi connectivity index (χ3v) is 4.17. The van der Waals surface area contributed by atoms with Gasteiger partial charge in [0.25, 0.3) is 5.91 Å². The molecule has 0 unspecified atom stereocenters. The zero-order valence-electron chi connectivity index (χ0n) is 12.8. The van der Waals surface area contributed by atoms with Gasteiger partial charge in [0.2, 0.25) is 0 Å². The van der Waals surface area contributed by atoms with Gasteiger partial charge in [-0.05, 0) is 37.3 Å². The molecule has 3 aromatic rings. The molecule has 4 nitrogen and oxygen atoms in total. The summed E-state index contributed by atoms with van der Waals surface area (Å²) in [4.78, 5) is 23.7. The first kappa shape index (κ1) is 15.3. The molecule has 3 rings (SSSR count). The van der Waals surface area contributed by atoms with Crippen LogP contribution in [0.3, 0.4) is 0 Å². The summed E-state index contributed by atoms with van der Waals surface area (Å²) in [7, 11) is 1.57. The number of amides is 1. The van der Waals surface area contributed by atoms with E-state index in [1.807, 2.05) is 36.4 Å². The molecule has 0 aliphatic heterocycles. The number of benzene rings is 2. The number of Topliss-reactive ketones (excluding diaryl/α,β-unsaturated/α-hetero) is 1. The van der Waals surface area contributed by atoms with Crippen molar-refractivity contribution in [3.05, 3.63) is 64.8 Å². The maximum absolute atomic E-state index is 12.3. The van der Waals surface area contributed by atoms with E-state index in [0.29, 0.717) is 16.3 Å². The number of halogens is 1. The van der Waals surface area contributed by atoms with Crippen LogP contribution in [0.5, 0.6) is 0 Å². The molecule has 0 radical (unpaired) electrons. The Morgan fingerprint density at radius 1 is 1.04 bits per heavy atom. The van der Waals surface area contributed by atoms with Crippen LogP contribution in [0, 0.1) is 0 Å². The summed E-state index contributed by atoms with van der Waals surface area (Å²) < 4.78 is 1.81. The maximum atomic E-state index is 12.3. The van der Waals surface area contributed by atoms with Crippen molar-refractivity contribution in [2.24, 2.45) is 0 Å². The maximum Gasteiger partial charge on any atom is 0.269 e. The Bertz CT molecular complexity index is 911. The minimum atomic E-state index is -0.262. The summed E-state index contributed by atoms with van der Waals surface area (Å²) in [5.41, 5.74) is 2.62. The van der Waals surface area contributed by atoms with E-state index in [2.05, 4.69) is 5.32 Å². The van der Waals surface area contributed by atoms with Crippen LogP contribution in [0.1, 0.15) is 27.8 Å². The molecule has 0 fully saturated rings. The fourth-order valence-corrected chi connectivity index (χ4v) is 2.96. The van der Waals surface area contributed by atoms with Crippen LogP contribution < -0.4 is 5.32 Å². The number of aromatic nitrogens is 1. The van der Waals surface area contributed by atoms with E-state index in [0.717, 1.165) is 16.6 Å². The van der Waals surface area contributed by atoms with Gasteiger partial charge in [-0.15, -0.1) is 0 Å². The van der Waals surface area contributed by atoms with Gasteiger partial charge in [-0.1, -0.05) is 29.8 Å². The predicted octanol–water partition coefficient (Wildman–Crippen LogP) is 3.85. The quantitative estimate of drug-likeness (QED) is 0.743. The molecule has 0 aliphatic carbocycles. The molecule has 0 saturated heterocycles. The molecule has 0 aliphatic rings. The summed E-state index contributed by atoms with van der Waals surface area (Å²) in [5, 5.41) is 3.85. The minimum Gasteiger partial charge on any atom is -0.354 e. The van der Waals surface area contributed by atoms with Crippen molar-refractivity contribution in [1.82, 2.24) is 9.88 Å². The second-order valence-corrected chi connectivity index (χ2v) is 5.58. The van der Waals surface area contributed by atoms with E-state index in [1.165, 1.54) is 6.92 Å². The van der Waals surface area contributed by atoms with Crippen molar-refractivity contribution in [1.29, 1.82) is 0 Å². The summed E-state index contributed by atoms with van der Waals surface area (Å²) in [5.74, 6) is -0.264. The molecule has 1 amide bonds. The Morgan fingerprint density at radius 3 is 2.30 bits per heavy atom. The lowest BCUT2D eigenvalue weighted by molar-refractivity contribution is 0.0955. The number of hydrogen-bond acceptors (Lipinski definition) is 2. The van der Waals surface area contributed by atoms with Gasteiger partial charge in [0.15, 0.2) is 5.78 Å². The zero-order valence-corrected chi connectivity index (χ0v) is 13.5. The Kier molecular flexibility index (Phi) is 3.92. The van der Waals surface area contributed by atoms with Gasteiger partial charge in [-0.2, -0.15) is 0 Å². The lowest BCUT2D eigenvalue weighted by Crippen LogP contribution is -2.21. The molecular formula is C18H15ClN2O2. The molecule has 0 saturated carbocycles. The highest BCUT2D eigenvalue weighted by Crippen LogP contribution is 2.33. The van der Waals surface area contributed by atoms with Crippen molar-refractivity contribution in [3.63, 3.8) is 0 Å². The van der Waals surface area contributed by atoms with E-state index in [-0.39, 0.29) is 11.7 Å². The third kappa shape index (κ3) is 2.51. The van der Waals surface area contributed by atoms with Gasteiger partial charge in [-0.3, -0.25) is 9.59 Å². The molecule has 1 heterocycles. The fraction of sp³-hybridized carbons (Fsp3) is 0.111. The topological polar surface area (TPSA) is 51.1 Å². The molecule has 1 N–H and O–H groups in total. The zero-order chi connectivity index (χ0) is 16.6. The number of nitrogens with zero attached hydrogens (tertiary/aromatic N) is 1. The van der Waals surface area contributed by atoms with Crippen molar-refractivity contribution in [2.45, 2.75) is 6.92 Å². The second-order valence-electron chi connectivity index (χ2n) is 5.20. The first-order valence-electron chi connectivity index (χ1n) is 7.17. The van der Waals surface area contributed by atoms with Crippen LogP contribution in [-0.4, -0.2) is 23.3 Å². The van der Waals surface area contributed by atoms with Crippen molar-refractivity contribution in [3.8, 4) is 5.69 Å². The van der Waals surface area contributed by atoms with Crippen molar-refractivity contribution < 1.29 is 9.59 Å². The number of carbonyl (C=O) groups is 2. The molecule has 0 spiro atoms. The SMILES string of the molecule is CNC(=O)c1c(Cl)c2ccccc2n1-c1ccc(C(C)=O)cc1. The molecule has 0 bridgehead atoms. The highest BCUT2D eigenvalue weighted by Gasteiger charge is 2.21. The first-order chi connectivity index (χ1) is 11.0. The van der Waals surface area contributed by atoms with Crippen LogP contribution >= 0.6 is 11.6 Å². The Hall–Kier alpha value is -2.59. The smallest absolute Gasteiger partial charge is 0.269 e. The number of para-hydroxylation sites is 1. The second kappa shape index (κ2) is 5.89. The van der Waals surface area contributed by atoms with Crippen LogP contribution in [0.2, 0.25) is 5.02 Å². The highest BCUT2D eigenvalue weighted by atomic mass is 35.5. The van der Waals surface area contributed by atoms with Gasteiger partial charge >= 0.3 is 0 Å². The molecule has 2 aromatic carbocycles. The van der Waals surface area contributed by atoms with Gasteiger partial charge in [0.05, 0.1) is 10.5 Å². The fourth-order valence-electron chi connectivity index (χ4n) is 2.63. The molecular weight excluding hydrogens is 312 g/mol. The predicted molar refractivity (Wildman–Crippen MR) is 91.7 cm³/mol. The standard InChI is InChI=1S/C18H15ClN2O2/c1-11(22)12-7-9-13(10-8-12)21-15-6-4-3-5-14(15)16(19)17(21)18(23)20-2/h3-10H,1-2H3,(H,20,23). The number of nitrogens with one attached hydrogen (secondary N) is 1. The summed E-state index contributed by atoms with van der Waals surface area (Å²) >= 11 is 6.43. The number of carbonyl (C=O) groups excluding carboxylic acids is 2. The largest absolute Gasteiger partial charge is 0.354 e. The van der Waals surface area contributed by atoms with E-state index in [4.69, 9.17) is 11.6 Å². The van der Waals surface area contributed by atoms with Crippen LogP contribution in [0.15, 0.2) is 48.5 Å². The highest BCUT2D eigenvalue weighted by molar-refractivity contribution is 6.39. The van der Waals surface area contributed by atoms with E-state index >= 15 is 0 Å².